The number of nitrogens with zero attached hydrogens (tertiary/aromatic N) is 2. The molecule has 0 radical (unpaired) electrons. The lowest BCUT2D eigenvalue weighted by atomic mass is 10.1. The quantitative estimate of drug-likeness (QED) is 0.348. The van der Waals surface area contributed by atoms with E-state index in [0.29, 0.717) is 17.3 Å². The molecule has 0 unspecified atom stereocenters. The van der Waals surface area contributed by atoms with Gasteiger partial charge < -0.3 is 4.74 Å². The Kier molecular flexibility index (Phi) is 5.48. The molecule has 1 aromatic rings. The number of carbonyl (C=O) groups excluding carboxylic acids is 3. The van der Waals surface area contributed by atoms with Crippen LogP contribution in [-0.2, 0) is 14.3 Å². The van der Waals surface area contributed by atoms with Gasteiger partial charge in [-0.3, -0.25) is 29.4 Å². The van der Waals surface area contributed by atoms with E-state index in [-0.39, 0.29) is 10.6 Å². The lowest BCUT2D eigenvalue weighted by Gasteiger charge is -2.09. The van der Waals surface area contributed by atoms with Crippen LogP contribution in [0.1, 0.15) is 5.56 Å². The highest BCUT2D eigenvalue weighted by atomic mass is 32.2. The number of rotatable bonds is 5. The summed E-state index contributed by atoms with van der Waals surface area (Å²) < 4.78 is 4.43. The maximum atomic E-state index is 12.1. The van der Waals surface area contributed by atoms with Gasteiger partial charge in [-0.2, -0.15) is 0 Å². The Morgan fingerprint density at radius 1 is 1.38 bits per heavy atom. The number of carbonyl (C=O) groups is 3. The molecule has 0 spiro atoms. The molecule has 2 amide bonds. The number of nitro benzene ring substituents is 1. The molecule has 24 heavy (non-hydrogen) atoms. The molecule has 8 nitrogen and oxygen atoms in total. The van der Waals surface area contributed by atoms with E-state index in [2.05, 4.69) is 4.74 Å². The van der Waals surface area contributed by atoms with E-state index in [4.69, 9.17) is 0 Å². The molecule has 1 aromatic carbocycles. The molecule has 124 valence electrons. The molecule has 1 aliphatic rings. The highest BCUT2D eigenvalue weighted by molar-refractivity contribution is 8.18. The zero-order chi connectivity index (χ0) is 17.7. The lowest BCUT2D eigenvalue weighted by molar-refractivity contribution is -0.385. The second-order valence-corrected chi connectivity index (χ2v) is 5.53. The zero-order valence-electron chi connectivity index (χ0n) is 12.5. The van der Waals surface area contributed by atoms with Gasteiger partial charge in [0.15, 0.2) is 0 Å². The van der Waals surface area contributed by atoms with Crippen LogP contribution in [0.4, 0.5) is 10.5 Å². The molecule has 0 bridgehead atoms. The van der Waals surface area contributed by atoms with Gasteiger partial charge in [0.25, 0.3) is 16.8 Å². The van der Waals surface area contributed by atoms with Gasteiger partial charge in [0.05, 0.1) is 22.5 Å². The van der Waals surface area contributed by atoms with Crippen molar-refractivity contribution in [1.29, 1.82) is 0 Å². The number of imide groups is 1. The number of methoxy groups -OCH3 is 1. The summed E-state index contributed by atoms with van der Waals surface area (Å²) in [5.74, 6) is -1.31. The molecule has 1 heterocycles. The first-order valence-corrected chi connectivity index (χ1v) is 7.48. The van der Waals surface area contributed by atoms with Crippen molar-refractivity contribution in [2.75, 3.05) is 13.7 Å². The van der Waals surface area contributed by atoms with Gasteiger partial charge in [0.1, 0.15) is 6.54 Å². The Morgan fingerprint density at radius 2 is 2.08 bits per heavy atom. The number of nitro groups is 1. The molecule has 0 aromatic heterocycles. The zero-order valence-corrected chi connectivity index (χ0v) is 13.3. The van der Waals surface area contributed by atoms with Crippen LogP contribution < -0.4 is 0 Å². The van der Waals surface area contributed by atoms with Crippen molar-refractivity contribution in [1.82, 2.24) is 4.90 Å². The molecule has 0 N–H and O–H groups in total. The van der Waals surface area contributed by atoms with E-state index in [1.807, 2.05) is 0 Å². The third kappa shape index (κ3) is 3.87. The predicted molar refractivity (Wildman–Crippen MR) is 86.9 cm³/mol. The molecular weight excluding hydrogens is 336 g/mol. The van der Waals surface area contributed by atoms with Crippen LogP contribution in [-0.4, -0.2) is 40.6 Å². The second-order valence-electron chi connectivity index (χ2n) is 4.54. The first-order chi connectivity index (χ1) is 11.4. The van der Waals surface area contributed by atoms with Gasteiger partial charge in [0, 0.05) is 6.07 Å². The smallest absolute Gasteiger partial charge is 0.325 e. The van der Waals surface area contributed by atoms with E-state index in [9.17, 15) is 24.5 Å². The summed E-state index contributed by atoms with van der Waals surface area (Å²) >= 11 is 0.686. The van der Waals surface area contributed by atoms with Crippen molar-refractivity contribution in [3.05, 3.63) is 57.0 Å². The highest BCUT2D eigenvalue weighted by Gasteiger charge is 2.36. The van der Waals surface area contributed by atoms with E-state index >= 15 is 0 Å². The molecule has 2 rings (SSSR count). The minimum absolute atomic E-state index is 0.0686. The Hall–Kier alpha value is -2.94. The summed E-state index contributed by atoms with van der Waals surface area (Å²) in [5.41, 5.74) is 0.300. The van der Waals surface area contributed by atoms with Crippen LogP contribution in [0.15, 0.2) is 41.3 Å². The summed E-state index contributed by atoms with van der Waals surface area (Å²) in [6.45, 7) is -0.452. The first kappa shape index (κ1) is 17.4. The number of hydrogen-bond donors (Lipinski definition) is 0. The largest absolute Gasteiger partial charge is 0.468 e. The summed E-state index contributed by atoms with van der Waals surface area (Å²) in [5, 5.41) is 10.3. The van der Waals surface area contributed by atoms with Crippen molar-refractivity contribution in [3.8, 4) is 0 Å². The standard InChI is InChI=1S/C15H12N2O6S/c1-23-13(18)9-16-14(19)12(24-15(16)20)8-4-6-10-5-2-3-7-11(10)17(21)22/h2-8H,9H2,1H3/b6-4-,12-8-. The van der Waals surface area contributed by atoms with E-state index in [1.165, 1.54) is 24.3 Å². The maximum Gasteiger partial charge on any atom is 0.325 e. The molecule has 1 aliphatic heterocycles. The summed E-state index contributed by atoms with van der Waals surface area (Å²) in [6.07, 6.45) is 4.28. The van der Waals surface area contributed by atoms with E-state index < -0.39 is 28.6 Å². The summed E-state index contributed by atoms with van der Waals surface area (Å²) in [7, 11) is 1.16. The summed E-state index contributed by atoms with van der Waals surface area (Å²) in [6, 6.07) is 6.12. The maximum absolute atomic E-state index is 12.1. The molecule has 9 heteroatoms. The third-order valence-corrected chi connectivity index (χ3v) is 3.97. The third-order valence-electron chi connectivity index (χ3n) is 3.05. The van der Waals surface area contributed by atoms with Gasteiger partial charge in [-0.25, -0.2) is 0 Å². The van der Waals surface area contributed by atoms with E-state index in [1.54, 1.807) is 18.2 Å². The van der Waals surface area contributed by atoms with Crippen molar-refractivity contribution >= 4 is 40.6 Å². The van der Waals surface area contributed by atoms with Gasteiger partial charge in [-0.05, 0) is 30.0 Å². The second kappa shape index (κ2) is 7.55. The van der Waals surface area contributed by atoms with Gasteiger partial charge in [-0.15, -0.1) is 0 Å². The SMILES string of the molecule is COC(=O)CN1C(=O)S/C(=C\C=C/c2ccccc2[N+](=O)[O-])C1=O. The van der Waals surface area contributed by atoms with Crippen molar-refractivity contribution in [2.45, 2.75) is 0 Å². The Morgan fingerprint density at radius 3 is 2.75 bits per heavy atom. The number of esters is 1. The Bertz CT molecular complexity index is 771. The minimum Gasteiger partial charge on any atom is -0.468 e. The normalized spacial score (nSPS) is 16.2. The fourth-order valence-electron chi connectivity index (χ4n) is 1.88. The molecule has 0 saturated carbocycles. The van der Waals surface area contributed by atoms with Crippen LogP contribution >= 0.6 is 11.8 Å². The number of thioether (sulfide) groups is 1. The molecular formula is C15H12N2O6S. The average Bonchev–Trinajstić information content (AvgIpc) is 2.82. The van der Waals surface area contributed by atoms with Crippen LogP contribution in [0.25, 0.3) is 6.08 Å². The van der Waals surface area contributed by atoms with E-state index in [0.717, 1.165) is 12.0 Å². The molecule has 1 fully saturated rings. The van der Waals surface area contributed by atoms with Gasteiger partial charge >= 0.3 is 5.97 Å². The number of benzene rings is 1. The average molecular weight is 348 g/mol. The van der Waals surface area contributed by atoms with Crippen molar-refractivity contribution in [2.24, 2.45) is 0 Å². The van der Waals surface area contributed by atoms with Crippen LogP contribution in [0, 0.1) is 10.1 Å². The minimum atomic E-state index is -0.700. The van der Waals surface area contributed by atoms with Crippen LogP contribution in [0.5, 0.6) is 0 Å². The first-order valence-electron chi connectivity index (χ1n) is 6.66. The van der Waals surface area contributed by atoms with Gasteiger partial charge in [-0.1, -0.05) is 18.2 Å². The molecule has 1 saturated heterocycles. The van der Waals surface area contributed by atoms with Gasteiger partial charge in [0.2, 0.25) is 0 Å². The fourth-order valence-corrected chi connectivity index (χ4v) is 2.67. The lowest BCUT2D eigenvalue weighted by Crippen LogP contribution is -2.34. The highest BCUT2D eigenvalue weighted by Crippen LogP contribution is 2.30. The van der Waals surface area contributed by atoms with Crippen LogP contribution in [0.3, 0.4) is 0 Å². The topological polar surface area (TPSA) is 107 Å². The Balaban J connectivity index is 2.16. The number of ether oxygens (including phenoxy) is 1. The number of allylic oxidation sites excluding steroid dienone is 2. The fraction of sp³-hybridized carbons (Fsp3) is 0.133. The van der Waals surface area contributed by atoms with Crippen LogP contribution in [0.2, 0.25) is 0 Å². The van der Waals surface area contributed by atoms with Crippen molar-refractivity contribution < 1.29 is 24.0 Å². The monoisotopic (exact) mass is 348 g/mol. The number of para-hydroxylation sites is 1. The molecule has 0 aliphatic carbocycles. The predicted octanol–water partition coefficient (Wildman–Crippen LogP) is 2.36. The Labute approximate surface area is 140 Å². The molecule has 0 atom stereocenters. The van der Waals surface area contributed by atoms with Crippen molar-refractivity contribution in [3.63, 3.8) is 0 Å². The number of amides is 2. The summed E-state index contributed by atoms with van der Waals surface area (Å²) in [4.78, 5) is 46.3. The number of hydrogen-bond acceptors (Lipinski definition) is 7.